The molecule has 0 saturated heterocycles. The summed E-state index contributed by atoms with van der Waals surface area (Å²) in [5, 5.41) is 0. The van der Waals surface area contributed by atoms with Gasteiger partial charge in [-0.1, -0.05) is 38.5 Å². The summed E-state index contributed by atoms with van der Waals surface area (Å²) in [5.41, 5.74) is 1.40. The van der Waals surface area contributed by atoms with E-state index in [1.807, 2.05) is 20.1 Å². The molecule has 0 unspecified atom stereocenters. The lowest BCUT2D eigenvalue weighted by Gasteiger charge is -2.03. The van der Waals surface area contributed by atoms with E-state index in [2.05, 4.69) is 33.0 Å². The van der Waals surface area contributed by atoms with Crippen molar-refractivity contribution in [2.75, 3.05) is 11.0 Å². The molecular formula is C12H18N4S. The number of aromatic nitrogens is 2. The summed E-state index contributed by atoms with van der Waals surface area (Å²) in [6, 6.07) is 1.77. The van der Waals surface area contributed by atoms with Crippen LogP contribution in [0, 0.1) is 0 Å². The number of hydrogen-bond donors (Lipinski definition) is 1. The highest BCUT2D eigenvalue weighted by molar-refractivity contribution is 7.99. The molecule has 4 nitrogen and oxygen atoms in total. The van der Waals surface area contributed by atoms with Crippen LogP contribution in [0.15, 0.2) is 36.0 Å². The van der Waals surface area contributed by atoms with Crippen molar-refractivity contribution in [1.82, 2.24) is 9.97 Å². The van der Waals surface area contributed by atoms with E-state index < -0.39 is 0 Å². The first-order valence-corrected chi connectivity index (χ1v) is 6.46. The predicted molar refractivity (Wildman–Crippen MR) is 78.2 cm³/mol. The molecule has 0 aromatic carbocycles. The molecule has 0 saturated carbocycles. The van der Waals surface area contributed by atoms with Crippen molar-refractivity contribution in [3.63, 3.8) is 0 Å². The molecule has 1 rings (SSSR count). The lowest BCUT2D eigenvalue weighted by atomic mass is 10.3. The van der Waals surface area contributed by atoms with Gasteiger partial charge in [0.15, 0.2) is 0 Å². The fourth-order valence-electron chi connectivity index (χ4n) is 0.973. The molecule has 0 fully saturated rings. The largest absolute Gasteiger partial charge is 0.298 e. The predicted octanol–water partition coefficient (Wildman–Crippen LogP) is 3.42. The van der Waals surface area contributed by atoms with Crippen molar-refractivity contribution in [2.45, 2.75) is 13.8 Å². The van der Waals surface area contributed by atoms with Gasteiger partial charge in [-0.25, -0.2) is 9.97 Å². The van der Waals surface area contributed by atoms with Crippen molar-refractivity contribution < 1.29 is 0 Å². The topological polar surface area (TPSA) is 50.2 Å². The third kappa shape index (κ3) is 5.31. The molecule has 0 aliphatic carbocycles. The maximum absolute atomic E-state index is 4.26. The molecule has 1 heterocycles. The zero-order valence-corrected chi connectivity index (χ0v) is 11.3. The van der Waals surface area contributed by atoms with Crippen LogP contribution in [0.2, 0.25) is 0 Å². The summed E-state index contributed by atoms with van der Waals surface area (Å²) in [6.07, 6.45) is 6.97. The number of hydrogen-bond acceptors (Lipinski definition) is 5. The Balaban J connectivity index is 0.00000121. The van der Waals surface area contributed by atoms with Crippen LogP contribution < -0.4 is 4.72 Å². The zero-order valence-electron chi connectivity index (χ0n) is 10.5. The minimum absolute atomic E-state index is 0.554. The lowest BCUT2D eigenvalue weighted by molar-refractivity contribution is 1.15. The number of rotatable bonds is 5. The quantitative estimate of drug-likeness (QED) is 0.494. The number of nitrogens with one attached hydrogen (secondary N) is 1. The highest BCUT2D eigenvalue weighted by Gasteiger charge is 2.01. The van der Waals surface area contributed by atoms with Gasteiger partial charge >= 0.3 is 0 Å². The molecule has 0 atom stereocenters. The van der Waals surface area contributed by atoms with Crippen molar-refractivity contribution in [2.24, 2.45) is 4.99 Å². The summed E-state index contributed by atoms with van der Waals surface area (Å²) in [4.78, 5) is 12.2. The Labute approximate surface area is 107 Å². The van der Waals surface area contributed by atoms with Gasteiger partial charge in [-0.05, 0) is 18.9 Å². The number of nitrogens with zero attached hydrogens (tertiary/aromatic N) is 3. The van der Waals surface area contributed by atoms with Crippen molar-refractivity contribution in [3.05, 3.63) is 36.7 Å². The van der Waals surface area contributed by atoms with E-state index in [1.54, 1.807) is 24.4 Å². The van der Waals surface area contributed by atoms with Gasteiger partial charge in [-0.2, -0.15) is 0 Å². The smallest absolute Gasteiger partial charge is 0.233 e. The fourth-order valence-corrected chi connectivity index (χ4v) is 1.25. The number of allylic oxidation sites excluding steroid dienone is 2. The Kier molecular flexibility index (Phi) is 8.68. The Bertz CT molecular complexity index is 388. The molecule has 0 aliphatic heterocycles. The number of anilines is 1. The standard InChI is InChI=1S/C10H12N4S.C2H6/c1-4-5-8(11-2)9-6-7-12-10(13-9)14-15-3;1-2/h4-7H,1-2H2,3H3,(H,12,13,14);1-2H3/b8-5-;. The van der Waals surface area contributed by atoms with Gasteiger partial charge in [0.1, 0.15) is 0 Å². The van der Waals surface area contributed by atoms with Crippen LogP contribution in [0.25, 0.3) is 5.70 Å². The van der Waals surface area contributed by atoms with Gasteiger partial charge < -0.3 is 0 Å². The van der Waals surface area contributed by atoms with E-state index in [4.69, 9.17) is 0 Å². The summed E-state index contributed by atoms with van der Waals surface area (Å²) in [7, 11) is 0. The van der Waals surface area contributed by atoms with Crippen LogP contribution in [0.3, 0.4) is 0 Å². The second-order valence-corrected chi connectivity index (χ2v) is 3.13. The normalized spacial score (nSPS) is 9.94. The molecular weight excluding hydrogens is 232 g/mol. The Morgan fingerprint density at radius 2 is 2.24 bits per heavy atom. The van der Waals surface area contributed by atoms with Gasteiger partial charge in [-0.15, -0.1) is 0 Å². The first-order chi connectivity index (χ1) is 8.31. The molecule has 1 aromatic rings. The molecule has 17 heavy (non-hydrogen) atoms. The SMILES string of the molecule is C=C/C=C(\N=C)c1ccnc(NSC)n1.CC. The maximum Gasteiger partial charge on any atom is 0.233 e. The van der Waals surface area contributed by atoms with Gasteiger partial charge in [0.05, 0.1) is 11.4 Å². The minimum atomic E-state index is 0.554. The van der Waals surface area contributed by atoms with Crippen molar-refractivity contribution >= 4 is 30.3 Å². The van der Waals surface area contributed by atoms with Crippen molar-refractivity contribution in [3.8, 4) is 0 Å². The molecule has 0 spiro atoms. The van der Waals surface area contributed by atoms with E-state index in [1.165, 1.54) is 11.9 Å². The van der Waals surface area contributed by atoms with Gasteiger partial charge in [0.25, 0.3) is 0 Å². The average Bonchev–Trinajstić information content (AvgIpc) is 2.39. The van der Waals surface area contributed by atoms with E-state index in [0.29, 0.717) is 11.6 Å². The first-order valence-electron chi connectivity index (χ1n) is 5.23. The molecule has 0 amide bonds. The lowest BCUT2D eigenvalue weighted by Crippen LogP contribution is -1.96. The van der Waals surface area contributed by atoms with Crippen molar-refractivity contribution in [1.29, 1.82) is 0 Å². The molecule has 1 aromatic heterocycles. The van der Waals surface area contributed by atoms with E-state index in [9.17, 15) is 0 Å². The van der Waals surface area contributed by atoms with Crippen LogP contribution in [-0.4, -0.2) is 22.9 Å². The van der Waals surface area contributed by atoms with Crippen LogP contribution in [0.4, 0.5) is 5.95 Å². The van der Waals surface area contributed by atoms with Crippen LogP contribution in [0.5, 0.6) is 0 Å². The third-order valence-electron chi connectivity index (χ3n) is 1.56. The molecule has 0 aliphatic rings. The van der Waals surface area contributed by atoms with Crippen LogP contribution in [0.1, 0.15) is 19.5 Å². The first kappa shape index (κ1) is 15.4. The van der Waals surface area contributed by atoms with Gasteiger partial charge in [-0.3, -0.25) is 9.71 Å². The zero-order chi connectivity index (χ0) is 13.1. The fraction of sp³-hybridized carbons (Fsp3) is 0.250. The Morgan fingerprint density at radius 3 is 2.76 bits per heavy atom. The minimum Gasteiger partial charge on any atom is -0.298 e. The summed E-state index contributed by atoms with van der Waals surface area (Å²) >= 11 is 1.44. The molecule has 0 bridgehead atoms. The van der Waals surface area contributed by atoms with E-state index in [0.717, 1.165) is 5.69 Å². The van der Waals surface area contributed by atoms with E-state index in [-0.39, 0.29) is 0 Å². The van der Waals surface area contributed by atoms with Crippen LogP contribution in [-0.2, 0) is 0 Å². The second kappa shape index (κ2) is 9.59. The maximum atomic E-state index is 4.26. The number of aliphatic imine (C=N–C) groups is 1. The van der Waals surface area contributed by atoms with Gasteiger partial charge in [0.2, 0.25) is 5.95 Å². The highest BCUT2D eigenvalue weighted by atomic mass is 32.2. The molecule has 0 radical (unpaired) electrons. The molecule has 5 heteroatoms. The van der Waals surface area contributed by atoms with Gasteiger partial charge in [0, 0.05) is 12.5 Å². The Morgan fingerprint density at radius 1 is 1.53 bits per heavy atom. The second-order valence-electron chi connectivity index (χ2n) is 2.52. The summed E-state index contributed by atoms with van der Waals surface area (Å²) < 4.78 is 2.95. The monoisotopic (exact) mass is 250 g/mol. The summed E-state index contributed by atoms with van der Waals surface area (Å²) in [6.45, 7) is 11.1. The highest BCUT2D eigenvalue weighted by Crippen LogP contribution is 2.14. The van der Waals surface area contributed by atoms with Crippen LogP contribution >= 0.6 is 11.9 Å². The molecule has 92 valence electrons. The summed E-state index contributed by atoms with van der Waals surface area (Å²) in [5.74, 6) is 0.554. The average molecular weight is 250 g/mol. The Hall–Kier alpha value is -1.62. The molecule has 1 N–H and O–H groups in total. The third-order valence-corrected chi connectivity index (χ3v) is 1.94. The van der Waals surface area contributed by atoms with E-state index >= 15 is 0 Å².